The van der Waals surface area contributed by atoms with Gasteiger partial charge in [-0.2, -0.15) is 9.40 Å². The van der Waals surface area contributed by atoms with E-state index in [1.54, 1.807) is 17.4 Å². The van der Waals surface area contributed by atoms with E-state index in [0.717, 1.165) is 25.7 Å². The second-order valence-electron chi connectivity index (χ2n) is 4.57. The third-order valence-electron chi connectivity index (χ3n) is 3.35. The summed E-state index contributed by atoms with van der Waals surface area (Å²) in [5, 5.41) is 4.91. The molecule has 0 spiro atoms. The molecule has 1 aromatic rings. The Morgan fingerprint density at radius 1 is 1.44 bits per heavy atom. The number of rotatable bonds is 3. The number of nitrogens with zero attached hydrogens (tertiary/aromatic N) is 3. The number of hydrogen-bond donors (Lipinski definition) is 0. The van der Waals surface area contributed by atoms with Crippen molar-refractivity contribution in [2.45, 2.75) is 36.8 Å². The Bertz CT molecular complexity index is 500. The van der Waals surface area contributed by atoms with Crippen molar-refractivity contribution in [3.05, 3.63) is 12.3 Å². The summed E-state index contributed by atoms with van der Waals surface area (Å²) in [6.45, 7) is 0.601. The number of halogens is 1. The summed E-state index contributed by atoms with van der Waals surface area (Å²) in [4.78, 5) is 0. The molecule has 1 aliphatic heterocycles. The van der Waals surface area contributed by atoms with Gasteiger partial charge in [-0.25, -0.2) is 8.42 Å². The van der Waals surface area contributed by atoms with Gasteiger partial charge in [0.2, 0.25) is 0 Å². The molecule has 18 heavy (non-hydrogen) atoms. The third kappa shape index (κ3) is 2.62. The summed E-state index contributed by atoms with van der Waals surface area (Å²) < 4.78 is 28.3. The first-order valence-corrected chi connectivity index (χ1v) is 8.69. The maximum Gasteiger partial charge on any atom is 0.260 e. The van der Waals surface area contributed by atoms with Crippen LogP contribution in [0.5, 0.6) is 0 Å². The summed E-state index contributed by atoms with van der Waals surface area (Å²) in [5.41, 5.74) is 0. The zero-order valence-electron chi connectivity index (χ0n) is 10.4. The highest BCUT2D eigenvalue weighted by Crippen LogP contribution is 2.25. The maximum absolute atomic E-state index is 12.6. The molecule has 0 aromatic carbocycles. The number of hydrogen-bond acceptors (Lipinski definition) is 3. The molecule has 5 nitrogen and oxygen atoms in total. The van der Waals surface area contributed by atoms with Crippen LogP contribution in [0.2, 0.25) is 0 Å². The van der Waals surface area contributed by atoms with Crippen LogP contribution in [0.4, 0.5) is 0 Å². The van der Waals surface area contributed by atoms with Gasteiger partial charge in [-0.3, -0.25) is 4.68 Å². The minimum absolute atomic E-state index is 0.0485. The van der Waals surface area contributed by atoms with Crippen LogP contribution in [-0.4, -0.2) is 40.4 Å². The highest BCUT2D eigenvalue weighted by atomic mass is 79.9. The van der Waals surface area contributed by atoms with Crippen LogP contribution in [0, 0.1) is 0 Å². The van der Waals surface area contributed by atoms with Crippen molar-refractivity contribution in [3.63, 3.8) is 0 Å². The standard InChI is InChI=1S/C11H18BrN3O2S/c1-14-11(6-7-13-14)18(16,17)15-8-4-2-3-5-10(15)9-12/h6-7,10H,2-5,8-9H2,1H3. The van der Waals surface area contributed by atoms with E-state index >= 15 is 0 Å². The van der Waals surface area contributed by atoms with Gasteiger partial charge in [0.1, 0.15) is 0 Å². The maximum atomic E-state index is 12.6. The lowest BCUT2D eigenvalue weighted by Crippen LogP contribution is -2.41. The zero-order chi connectivity index (χ0) is 13.2. The molecule has 0 saturated carbocycles. The SMILES string of the molecule is Cn1nccc1S(=O)(=O)N1CCCCCC1CBr. The summed E-state index contributed by atoms with van der Waals surface area (Å²) in [5.74, 6) is 0. The monoisotopic (exact) mass is 335 g/mol. The Labute approximate surface area is 116 Å². The first-order valence-electron chi connectivity index (χ1n) is 6.13. The molecule has 102 valence electrons. The van der Waals surface area contributed by atoms with Crippen molar-refractivity contribution in [1.82, 2.24) is 14.1 Å². The topological polar surface area (TPSA) is 55.2 Å². The van der Waals surface area contributed by atoms with Crippen LogP contribution in [0.1, 0.15) is 25.7 Å². The number of aromatic nitrogens is 2. The predicted octanol–water partition coefficient (Wildman–Crippen LogP) is 1.75. The lowest BCUT2D eigenvalue weighted by atomic mass is 10.1. The quantitative estimate of drug-likeness (QED) is 0.790. The third-order valence-corrected chi connectivity index (χ3v) is 6.12. The van der Waals surface area contributed by atoms with E-state index in [9.17, 15) is 8.42 Å². The van der Waals surface area contributed by atoms with Crippen molar-refractivity contribution in [2.24, 2.45) is 7.05 Å². The molecule has 2 heterocycles. The van der Waals surface area contributed by atoms with E-state index in [4.69, 9.17) is 0 Å². The first-order chi connectivity index (χ1) is 8.57. The van der Waals surface area contributed by atoms with Gasteiger partial charge in [-0.05, 0) is 18.9 Å². The molecule has 0 amide bonds. The van der Waals surface area contributed by atoms with Crippen LogP contribution in [0.3, 0.4) is 0 Å². The van der Waals surface area contributed by atoms with Crippen molar-refractivity contribution in [3.8, 4) is 0 Å². The van der Waals surface area contributed by atoms with E-state index in [1.807, 2.05) is 0 Å². The van der Waals surface area contributed by atoms with E-state index < -0.39 is 10.0 Å². The average Bonchev–Trinajstić information content (AvgIpc) is 2.65. The number of aryl methyl sites for hydroxylation is 1. The Morgan fingerprint density at radius 3 is 2.83 bits per heavy atom. The van der Waals surface area contributed by atoms with Crippen LogP contribution in [-0.2, 0) is 17.1 Å². The van der Waals surface area contributed by atoms with Crippen LogP contribution in [0.25, 0.3) is 0 Å². The lowest BCUT2D eigenvalue weighted by Gasteiger charge is -2.27. The second kappa shape index (κ2) is 5.71. The van der Waals surface area contributed by atoms with Crippen LogP contribution < -0.4 is 0 Å². The summed E-state index contributed by atoms with van der Waals surface area (Å²) in [6.07, 6.45) is 5.56. The summed E-state index contributed by atoms with van der Waals surface area (Å²) >= 11 is 3.43. The largest absolute Gasteiger partial charge is 0.260 e. The van der Waals surface area contributed by atoms with E-state index in [2.05, 4.69) is 21.0 Å². The highest BCUT2D eigenvalue weighted by Gasteiger charge is 2.33. The summed E-state index contributed by atoms with van der Waals surface area (Å²) in [6, 6.07) is 1.61. The average molecular weight is 336 g/mol. The molecule has 1 fully saturated rings. The fraction of sp³-hybridized carbons (Fsp3) is 0.727. The van der Waals surface area contributed by atoms with Crippen molar-refractivity contribution in [2.75, 3.05) is 11.9 Å². The molecule has 1 atom stereocenters. The Kier molecular flexibility index (Phi) is 4.45. The van der Waals surface area contributed by atoms with E-state index in [-0.39, 0.29) is 11.1 Å². The molecule has 0 bridgehead atoms. The molecular formula is C11H18BrN3O2S. The molecule has 7 heteroatoms. The van der Waals surface area contributed by atoms with Gasteiger partial charge in [0.25, 0.3) is 10.0 Å². The fourth-order valence-electron chi connectivity index (χ4n) is 2.36. The Morgan fingerprint density at radius 2 is 2.22 bits per heavy atom. The minimum Gasteiger partial charge on any atom is -0.256 e. The van der Waals surface area contributed by atoms with Gasteiger partial charge in [0.05, 0.1) is 6.20 Å². The molecule has 0 aliphatic carbocycles. The molecule has 1 aromatic heterocycles. The van der Waals surface area contributed by atoms with Crippen LogP contribution in [0.15, 0.2) is 17.3 Å². The van der Waals surface area contributed by atoms with Crippen molar-refractivity contribution >= 4 is 26.0 Å². The lowest BCUT2D eigenvalue weighted by molar-refractivity contribution is 0.344. The zero-order valence-corrected chi connectivity index (χ0v) is 12.8. The van der Waals surface area contributed by atoms with Crippen LogP contribution >= 0.6 is 15.9 Å². The van der Waals surface area contributed by atoms with Gasteiger partial charge < -0.3 is 0 Å². The highest BCUT2D eigenvalue weighted by molar-refractivity contribution is 9.09. The fourth-order valence-corrected chi connectivity index (χ4v) is 5.02. The molecule has 1 aliphatic rings. The number of alkyl halides is 1. The Balaban J connectivity index is 2.35. The molecule has 1 saturated heterocycles. The molecule has 1 unspecified atom stereocenters. The number of sulfonamides is 1. The predicted molar refractivity (Wildman–Crippen MR) is 73.1 cm³/mol. The van der Waals surface area contributed by atoms with Gasteiger partial charge in [0, 0.05) is 25.0 Å². The van der Waals surface area contributed by atoms with Gasteiger partial charge in [-0.1, -0.05) is 28.8 Å². The molecule has 2 rings (SSSR count). The van der Waals surface area contributed by atoms with Crippen molar-refractivity contribution in [1.29, 1.82) is 0 Å². The summed E-state index contributed by atoms with van der Waals surface area (Å²) in [7, 11) is -1.77. The minimum atomic E-state index is -3.43. The Hall–Kier alpha value is -0.400. The van der Waals surface area contributed by atoms with Gasteiger partial charge in [-0.15, -0.1) is 0 Å². The second-order valence-corrected chi connectivity index (χ2v) is 7.05. The van der Waals surface area contributed by atoms with E-state index in [0.29, 0.717) is 11.9 Å². The molecular weight excluding hydrogens is 318 g/mol. The van der Waals surface area contributed by atoms with E-state index in [1.165, 1.54) is 10.9 Å². The van der Waals surface area contributed by atoms with Gasteiger partial charge in [0.15, 0.2) is 5.03 Å². The van der Waals surface area contributed by atoms with Crippen molar-refractivity contribution < 1.29 is 8.42 Å². The molecule has 0 radical (unpaired) electrons. The normalized spacial score (nSPS) is 22.9. The molecule has 0 N–H and O–H groups in total. The van der Waals surface area contributed by atoms with Gasteiger partial charge >= 0.3 is 0 Å². The first kappa shape index (κ1) is 14.0. The smallest absolute Gasteiger partial charge is 0.256 e.